The molecule has 0 aliphatic carbocycles. The number of thioether (sulfide) groups is 1. The van der Waals surface area contributed by atoms with Crippen LogP contribution in [0.5, 0.6) is 5.75 Å². The summed E-state index contributed by atoms with van der Waals surface area (Å²) in [4.78, 5) is 27.7. The monoisotopic (exact) mass is 619 g/mol. The van der Waals surface area contributed by atoms with Crippen LogP contribution < -0.4 is 15.1 Å². The van der Waals surface area contributed by atoms with Gasteiger partial charge in [-0.3, -0.25) is 9.59 Å². The zero-order valence-corrected chi connectivity index (χ0v) is 27.2. The molecule has 0 radical (unpaired) electrons. The van der Waals surface area contributed by atoms with Gasteiger partial charge in [-0.15, -0.1) is 16.9 Å². The third-order valence-corrected chi connectivity index (χ3v) is 8.56. The van der Waals surface area contributed by atoms with Crippen LogP contribution in [-0.4, -0.2) is 29.5 Å². The van der Waals surface area contributed by atoms with Crippen molar-refractivity contribution in [2.75, 3.05) is 11.6 Å². The Morgan fingerprint density at radius 1 is 1.00 bits per heavy atom. The lowest BCUT2D eigenvalue weighted by Crippen LogP contribution is -2.43. The van der Waals surface area contributed by atoms with Gasteiger partial charge in [0, 0.05) is 10.4 Å². The van der Waals surface area contributed by atoms with Crippen molar-refractivity contribution in [3.8, 4) is 5.75 Å². The van der Waals surface area contributed by atoms with Crippen LogP contribution in [-0.2, 0) is 16.0 Å². The molecule has 0 bridgehead atoms. The van der Waals surface area contributed by atoms with Gasteiger partial charge in [0.15, 0.2) is 11.1 Å². The Balaban J connectivity index is 1.91. The number of nitrogens with one attached hydrogen (secondary N) is 1. The molecule has 224 valence electrons. The summed E-state index contributed by atoms with van der Waals surface area (Å²) in [5.41, 5.74) is 0.891. The van der Waals surface area contributed by atoms with Gasteiger partial charge >= 0.3 is 0 Å². The van der Waals surface area contributed by atoms with Crippen LogP contribution in [0.3, 0.4) is 0 Å². The van der Waals surface area contributed by atoms with E-state index in [1.807, 2.05) is 26.8 Å². The number of hydrazone groups is 1. The molecule has 1 unspecified atom stereocenters. The van der Waals surface area contributed by atoms with Crippen molar-refractivity contribution in [2.24, 2.45) is 10.5 Å². The fraction of sp³-hybridized carbons (Fsp3) is 0.531. The number of hydrogen-bond donors (Lipinski definition) is 1. The molecule has 0 spiro atoms. The van der Waals surface area contributed by atoms with Gasteiger partial charge in [-0.25, -0.2) is 0 Å². The molecule has 1 aliphatic heterocycles. The number of amides is 2. The fourth-order valence-electron chi connectivity index (χ4n) is 4.24. The Kier molecular flexibility index (Phi) is 12.9. The number of anilines is 1. The maximum absolute atomic E-state index is 13.9. The number of ether oxygens (including phenoxy) is 1. The molecule has 41 heavy (non-hydrogen) atoms. The highest BCUT2D eigenvalue weighted by Gasteiger charge is 2.41. The van der Waals surface area contributed by atoms with Gasteiger partial charge in [0.2, 0.25) is 5.91 Å². The Labute approximate surface area is 259 Å². The average molecular weight is 621 g/mol. The summed E-state index contributed by atoms with van der Waals surface area (Å²) in [5, 5.41) is 8.66. The van der Waals surface area contributed by atoms with Crippen molar-refractivity contribution in [3.63, 3.8) is 0 Å². The molecule has 1 heterocycles. The number of hydrogen-bond acceptors (Lipinski definition) is 5. The summed E-state index contributed by atoms with van der Waals surface area (Å²) in [5.74, 6) is 0.439. The van der Waals surface area contributed by atoms with E-state index in [0.717, 1.165) is 36.3 Å². The van der Waals surface area contributed by atoms with Gasteiger partial charge in [-0.05, 0) is 55.2 Å². The second-order valence-corrected chi connectivity index (χ2v) is 13.4. The standard InChI is InChI=1S/C32H43Cl2N3O3S/c1-6-8-10-11-12-13-14-22-15-18-26(40-19-9-7-2)27(20-22)41-28-29(35-31(39)32(3,4)5)36-37(30(28)38)25-21-23(33)16-17-24(25)34/h15-18,20-21,28H,6-14,19H2,1-5H3,(H,35,36,39). The smallest absolute Gasteiger partial charge is 0.268 e. The van der Waals surface area contributed by atoms with Crippen molar-refractivity contribution in [3.05, 3.63) is 52.0 Å². The number of amidine groups is 1. The lowest BCUT2D eigenvalue weighted by atomic mass is 9.95. The predicted octanol–water partition coefficient (Wildman–Crippen LogP) is 9.06. The SMILES string of the molecule is CCCCCCCCc1ccc(OCCCC)c(SC2C(=O)N(c3cc(Cl)ccc3Cl)N=C2NC(=O)C(C)(C)C)c1. The molecule has 0 saturated heterocycles. The average Bonchev–Trinajstić information content (AvgIpc) is 3.22. The van der Waals surface area contributed by atoms with Crippen molar-refractivity contribution >= 4 is 58.3 Å². The largest absolute Gasteiger partial charge is 0.492 e. The van der Waals surface area contributed by atoms with E-state index in [4.69, 9.17) is 27.9 Å². The van der Waals surface area contributed by atoms with E-state index < -0.39 is 10.7 Å². The van der Waals surface area contributed by atoms with Gasteiger partial charge in [0.05, 0.1) is 22.2 Å². The van der Waals surface area contributed by atoms with Crippen LogP contribution in [0.2, 0.25) is 10.0 Å². The summed E-state index contributed by atoms with van der Waals surface area (Å²) in [6.45, 7) is 10.4. The Bertz CT molecular complexity index is 1230. The molecule has 1 atom stereocenters. The number of nitrogens with zero attached hydrogens (tertiary/aromatic N) is 2. The molecule has 0 fully saturated rings. The van der Waals surface area contributed by atoms with E-state index in [1.165, 1.54) is 54.4 Å². The van der Waals surface area contributed by atoms with E-state index in [2.05, 4.69) is 36.4 Å². The predicted molar refractivity (Wildman–Crippen MR) is 173 cm³/mol. The number of unbranched alkanes of at least 4 members (excludes halogenated alkanes) is 6. The Hall–Kier alpha value is -2.22. The molecule has 2 amide bonds. The number of rotatable bonds is 14. The molecular weight excluding hydrogens is 577 g/mol. The number of carbonyl (C=O) groups is 2. The second kappa shape index (κ2) is 15.9. The van der Waals surface area contributed by atoms with Crippen LogP contribution in [0.15, 0.2) is 46.4 Å². The maximum Gasteiger partial charge on any atom is 0.268 e. The topological polar surface area (TPSA) is 71.0 Å². The summed E-state index contributed by atoms with van der Waals surface area (Å²) in [6, 6.07) is 11.1. The number of aryl methyl sites for hydroxylation is 1. The van der Waals surface area contributed by atoms with Crippen LogP contribution in [0, 0.1) is 5.41 Å². The van der Waals surface area contributed by atoms with Crippen LogP contribution in [0.25, 0.3) is 0 Å². The first-order valence-electron chi connectivity index (χ1n) is 14.7. The lowest BCUT2D eigenvalue weighted by molar-refractivity contribution is -0.126. The van der Waals surface area contributed by atoms with Crippen LogP contribution >= 0.6 is 35.0 Å². The number of benzene rings is 2. The molecule has 6 nitrogen and oxygen atoms in total. The molecule has 1 N–H and O–H groups in total. The minimum Gasteiger partial charge on any atom is -0.492 e. The molecule has 2 aromatic carbocycles. The molecule has 0 saturated carbocycles. The Morgan fingerprint density at radius 3 is 2.41 bits per heavy atom. The summed E-state index contributed by atoms with van der Waals surface area (Å²) in [7, 11) is 0. The number of halogens is 2. The van der Waals surface area contributed by atoms with Crippen LogP contribution in [0.4, 0.5) is 5.69 Å². The highest BCUT2D eigenvalue weighted by atomic mass is 35.5. The molecule has 0 aromatic heterocycles. The van der Waals surface area contributed by atoms with Gasteiger partial charge in [-0.1, -0.05) is 102 Å². The number of carbonyl (C=O) groups excluding carboxylic acids is 2. The molecule has 2 aromatic rings. The highest BCUT2D eigenvalue weighted by molar-refractivity contribution is 8.01. The van der Waals surface area contributed by atoms with Gasteiger partial charge < -0.3 is 10.1 Å². The first-order valence-corrected chi connectivity index (χ1v) is 16.3. The molecule has 9 heteroatoms. The molecule has 1 aliphatic rings. The third-order valence-electron chi connectivity index (χ3n) is 6.78. The summed E-state index contributed by atoms with van der Waals surface area (Å²) < 4.78 is 6.15. The van der Waals surface area contributed by atoms with E-state index in [1.54, 1.807) is 18.2 Å². The first kappa shape index (κ1) is 33.3. The zero-order chi connectivity index (χ0) is 30.0. The van der Waals surface area contributed by atoms with Crippen molar-refractivity contribution in [1.29, 1.82) is 0 Å². The summed E-state index contributed by atoms with van der Waals surface area (Å²) >= 11 is 14.0. The van der Waals surface area contributed by atoms with Gasteiger partial charge in [0.1, 0.15) is 5.75 Å². The lowest BCUT2D eigenvalue weighted by Gasteiger charge is -2.20. The second-order valence-electron chi connectivity index (χ2n) is 11.4. The minimum absolute atomic E-state index is 0.232. The van der Waals surface area contributed by atoms with Crippen molar-refractivity contribution < 1.29 is 14.3 Å². The maximum atomic E-state index is 13.9. The normalized spacial score (nSPS) is 15.3. The molecular formula is C32H43Cl2N3O3S. The van der Waals surface area contributed by atoms with E-state index in [9.17, 15) is 9.59 Å². The summed E-state index contributed by atoms with van der Waals surface area (Å²) in [6.07, 6.45) is 10.3. The van der Waals surface area contributed by atoms with E-state index in [0.29, 0.717) is 22.3 Å². The van der Waals surface area contributed by atoms with Crippen LogP contribution in [0.1, 0.15) is 91.5 Å². The highest BCUT2D eigenvalue weighted by Crippen LogP contribution is 2.39. The van der Waals surface area contributed by atoms with Gasteiger partial charge in [0.25, 0.3) is 5.91 Å². The Morgan fingerprint density at radius 2 is 1.71 bits per heavy atom. The molecule has 3 rings (SSSR count). The third kappa shape index (κ3) is 9.65. The van der Waals surface area contributed by atoms with E-state index in [-0.39, 0.29) is 17.6 Å². The fourth-order valence-corrected chi connectivity index (χ4v) is 5.74. The van der Waals surface area contributed by atoms with Crippen molar-refractivity contribution in [1.82, 2.24) is 5.32 Å². The zero-order valence-electron chi connectivity index (χ0n) is 24.9. The van der Waals surface area contributed by atoms with Crippen molar-refractivity contribution in [2.45, 2.75) is 103 Å². The van der Waals surface area contributed by atoms with E-state index >= 15 is 0 Å². The quantitative estimate of drug-likeness (QED) is 0.214. The van der Waals surface area contributed by atoms with Gasteiger partial charge in [-0.2, -0.15) is 5.01 Å². The minimum atomic E-state index is -0.797. The first-order chi connectivity index (χ1) is 19.5.